The molecule has 5 nitrogen and oxygen atoms in total. The van der Waals surface area contributed by atoms with Crippen molar-refractivity contribution in [3.8, 4) is 0 Å². The second kappa shape index (κ2) is 7.85. The summed E-state index contributed by atoms with van der Waals surface area (Å²) in [5, 5.41) is 4.04. The largest absolute Gasteiger partial charge is 0.345 e. The van der Waals surface area contributed by atoms with E-state index in [9.17, 15) is 9.59 Å². The van der Waals surface area contributed by atoms with Crippen LogP contribution in [0.1, 0.15) is 21.6 Å². The predicted octanol–water partition coefficient (Wildman–Crippen LogP) is 2.94. The number of nitrogens with one attached hydrogen (secondary N) is 1. The normalized spacial score (nSPS) is 19.8. The third-order valence-electron chi connectivity index (χ3n) is 6.15. The van der Waals surface area contributed by atoms with Crippen LogP contribution in [0.3, 0.4) is 0 Å². The van der Waals surface area contributed by atoms with E-state index in [-0.39, 0.29) is 24.4 Å². The molecule has 2 aromatic carbocycles. The summed E-state index contributed by atoms with van der Waals surface area (Å²) in [7, 11) is 0. The van der Waals surface area contributed by atoms with Crippen LogP contribution in [0.4, 0.5) is 0 Å². The fourth-order valence-electron chi connectivity index (χ4n) is 4.47. The van der Waals surface area contributed by atoms with E-state index >= 15 is 0 Å². The number of hydrogen-bond donors (Lipinski definition) is 1. The Kier molecular flexibility index (Phi) is 5.05. The minimum atomic E-state index is -0.370. The number of carbonyl (C=O) groups excluding carboxylic acids is 2. The second-order valence-corrected chi connectivity index (χ2v) is 9.35. The van der Waals surface area contributed by atoms with Crippen LogP contribution in [-0.4, -0.2) is 53.8 Å². The quantitative estimate of drug-likeness (QED) is 0.708. The SMILES string of the molecule is Cc1ccc(Cc2sc3ccccc3c2CN2CCN3C(=O)CNC(=O)C3C2)cc1. The minimum Gasteiger partial charge on any atom is -0.345 e. The molecule has 0 bridgehead atoms. The standard InChI is InChI=1S/C24H25N3O2S/c1-16-6-8-17(9-7-16)12-22-19(18-4-2-3-5-21(18)30-22)14-26-10-11-27-20(15-26)24(29)25-13-23(27)28/h2-9,20H,10-15H2,1H3,(H,25,29). The summed E-state index contributed by atoms with van der Waals surface area (Å²) in [6.45, 7) is 5.05. The van der Waals surface area contributed by atoms with Gasteiger partial charge < -0.3 is 10.2 Å². The van der Waals surface area contributed by atoms with Crippen LogP contribution in [0.2, 0.25) is 0 Å². The molecule has 0 aliphatic carbocycles. The molecule has 1 aromatic heterocycles. The number of aryl methyl sites for hydroxylation is 1. The van der Waals surface area contributed by atoms with E-state index in [1.807, 2.05) is 11.3 Å². The predicted molar refractivity (Wildman–Crippen MR) is 120 cm³/mol. The van der Waals surface area contributed by atoms with Crippen molar-refractivity contribution in [1.82, 2.24) is 15.1 Å². The van der Waals surface area contributed by atoms with E-state index in [1.54, 1.807) is 4.90 Å². The van der Waals surface area contributed by atoms with Crippen LogP contribution in [0.15, 0.2) is 48.5 Å². The third kappa shape index (κ3) is 3.61. The fourth-order valence-corrected chi connectivity index (χ4v) is 5.72. The molecule has 0 spiro atoms. The number of nitrogens with zero attached hydrogens (tertiary/aromatic N) is 2. The Morgan fingerprint density at radius 3 is 2.70 bits per heavy atom. The molecule has 2 amide bonds. The molecule has 1 unspecified atom stereocenters. The molecule has 3 heterocycles. The number of carbonyl (C=O) groups is 2. The van der Waals surface area contributed by atoms with E-state index < -0.39 is 0 Å². The maximum Gasteiger partial charge on any atom is 0.244 e. The molecule has 2 fully saturated rings. The Hall–Kier alpha value is -2.70. The lowest BCUT2D eigenvalue weighted by molar-refractivity contribution is -0.149. The molecule has 1 atom stereocenters. The first-order chi connectivity index (χ1) is 14.6. The highest BCUT2D eigenvalue weighted by Gasteiger charge is 2.38. The van der Waals surface area contributed by atoms with Gasteiger partial charge in [0.05, 0.1) is 6.54 Å². The van der Waals surface area contributed by atoms with Crippen molar-refractivity contribution >= 4 is 33.2 Å². The third-order valence-corrected chi connectivity index (χ3v) is 7.36. The number of piperazine rings is 2. The van der Waals surface area contributed by atoms with Crippen LogP contribution >= 0.6 is 11.3 Å². The number of benzene rings is 2. The lowest BCUT2D eigenvalue weighted by Gasteiger charge is -2.43. The van der Waals surface area contributed by atoms with E-state index in [0.29, 0.717) is 13.1 Å². The lowest BCUT2D eigenvalue weighted by atomic mass is 10.0. The molecule has 0 radical (unpaired) electrons. The molecule has 30 heavy (non-hydrogen) atoms. The van der Waals surface area contributed by atoms with Gasteiger partial charge in [-0.05, 0) is 29.5 Å². The Labute approximate surface area is 180 Å². The second-order valence-electron chi connectivity index (χ2n) is 8.22. The van der Waals surface area contributed by atoms with Crippen molar-refractivity contribution in [2.45, 2.75) is 25.9 Å². The molecule has 2 aliphatic heterocycles. The highest BCUT2D eigenvalue weighted by Crippen LogP contribution is 2.34. The van der Waals surface area contributed by atoms with Gasteiger partial charge in [0.15, 0.2) is 0 Å². The number of fused-ring (bicyclic) bond motifs is 2. The van der Waals surface area contributed by atoms with Crippen molar-refractivity contribution in [3.63, 3.8) is 0 Å². The van der Waals surface area contributed by atoms with Gasteiger partial charge >= 0.3 is 0 Å². The van der Waals surface area contributed by atoms with Crippen LogP contribution in [0.25, 0.3) is 10.1 Å². The average molecular weight is 420 g/mol. The lowest BCUT2D eigenvalue weighted by Crippen LogP contribution is -2.65. The number of thiophene rings is 1. The zero-order valence-corrected chi connectivity index (χ0v) is 17.9. The topological polar surface area (TPSA) is 52.6 Å². The number of rotatable bonds is 4. The molecule has 2 aliphatic rings. The van der Waals surface area contributed by atoms with Crippen molar-refractivity contribution in [3.05, 3.63) is 70.1 Å². The van der Waals surface area contributed by atoms with Gasteiger partial charge in [-0.3, -0.25) is 14.5 Å². The molecule has 2 saturated heterocycles. The van der Waals surface area contributed by atoms with E-state index in [1.165, 1.54) is 31.7 Å². The Bertz CT molecular complexity index is 1110. The summed E-state index contributed by atoms with van der Waals surface area (Å²) in [6, 6.07) is 17.0. The van der Waals surface area contributed by atoms with E-state index in [2.05, 4.69) is 65.7 Å². The summed E-state index contributed by atoms with van der Waals surface area (Å²) >= 11 is 1.86. The molecule has 5 rings (SSSR count). The summed E-state index contributed by atoms with van der Waals surface area (Å²) in [5.41, 5.74) is 3.94. The maximum atomic E-state index is 12.3. The first-order valence-electron chi connectivity index (χ1n) is 10.4. The molecule has 3 aromatic rings. The average Bonchev–Trinajstić information content (AvgIpc) is 3.09. The molecule has 1 N–H and O–H groups in total. The number of amides is 2. The van der Waals surface area contributed by atoms with Gasteiger partial charge in [-0.25, -0.2) is 0 Å². The van der Waals surface area contributed by atoms with Crippen LogP contribution < -0.4 is 5.32 Å². The van der Waals surface area contributed by atoms with Crippen LogP contribution in [0.5, 0.6) is 0 Å². The highest BCUT2D eigenvalue weighted by atomic mass is 32.1. The highest BCUT2D eigenvalue weighted by molar-refractivity contribution is 7.19. The van der Waals surface area contributed by atoms with Gasteiger partial charge in [0.25, 0.3) is 0 Å². The van der Waals surface area contributed by atoms with Crippen molar-refractivity contribution in [2.75, 3.05) is 26.2 Å². The van der Waals surface area contributed by atoms with Gasteiger partial charge in [-0.15, -0.1) is 11.3 Å². The van der Waals surface area contributed by atoms with Gasteiger partial charge in [0.1, 0.15) is 6.04 Å². The molecule has 0 saturated carbocycles. The fraction of sp³-hybridized carbons (Fsp3) is 0.333. The summed E-state index contributed by atoms with van der Waals surface area (Å²) in [5.74, 6) is -0.00495. The Morgan fingerprint density at radius 2 is 1.87 bits per heavy atom. The van der Waals surface area contributed by atoms with Gasteiger partial charge in [0, 0.05) is 42.2 Å². The molecular formula is C24H25N3O2S. The van der Waals surface area contributed by atoms with Crippen molar-refractivity contribution < 1.29 is 9.59 Å². The minimum absolute atomic E-state index is 0.0280. The smallest absolute Gasteiger partial charge is 0.244 e. The molecular weight excluding hydrogens is 394 g/mol. The first kappa shape index (κ1) is 19.3. The summed E-state index contributed by atoms with van der Waals surface area (Å²) in [4.78, 5) is 29.9. The van der Waals surface area contributed by atoms with Crippen LogP contribution in [0, 0.1) is 6.92 Å². The van der Waals surface area contributed by atoms with Crippen molar-refractivity contribution in [2.24, 2.45) is 0 Å². The Balaban J connectivity index is 1.43. The van der Waals surface area contributed by atoms with Crippen molar-refractivity contribution in [1.29, 1.82) is 0 Å². The molecule has 154 valence electrons. The first-order valence-corrected chi connectivity index (χ1v) is 11.2. The van der Waals surface area contributed by atoms with Gasteiger partial charge in [-0.1, -0.05) is 48.0 Å². The van der Waals surface area contributed by atoms with E-state index in [0.717, 1.165) is 19.5 Å². The monoisotopic (exact) mass is 419 g/mol. The van der Waals surface area contributed by atoms with Crippen LogP contribution in [-0.2, 0) is 22.6 Å². The maximum absolute atomic E-state index is 12.3. The zero-order chi connectivity index (χ0) is 20.7. The molecule has 6 heteroatoms. The number of hydrogen-bond acceptors (Lipinski definition) is 4. The van der Waals surface area contributed by atoms with E-state index in [4.69, 9.17) is 0 Å². The zero-order valence-electron chi connectivity index (χ0n) is 17.1. The summed E-state index contributed by atoms with van der Waals surface area (Å²) in [6.07, 6.45) is 0.914. The van der Waals surface area contributed by atoms with Gasteiger partial charge in [0.2, 0.25) is 11.8 Å². The summed E-state index contributed by atoms with van der Waals surface area (Å²) < 4.78 is 1.30. The van der Waals surface area contributed by atoms with Gasteiger partial charge in [-0.2, -0.15) is 0 Å². The Morgan fingerprint density at radius 1 is 1.07 bits per heavy atom.